The molecule has 8 heteroatoms. The maximum Gasteiger partial charge on any atom is 0.329 e. The van der Waals surface area contributed by atoms with E-state index >= 15 is 0 Å². The van der Waals surface area contributed by atoms with Gasteiger partial charge in [0.2, 0.25) is 0 Å². The minimum atomic E-state index is -0.844. The summed E-state index contributed by atoms with van der Waals surface area (Å²) in [6.45, 7) is 3.24. The van der Waals surface area contributed by atoms with Gasteiger partial charge < -0.3 is 15.4 Å². The summed E-state index contributed by atoms with van der Waals surface area (Å²) in [5.41, 5.74) is 0.281. The summed E-state index contributed by atoms with van der Waals surface area (Å²) >= 11 is 7.55. The number of nitrogens with one attached hydrogen (secondary N) is 2. The Hall–Kier alpha value is -1.73. The minimum absolute atomic E-state index is 0.0431. The van der Waals surface area contributed by atoms with Gasteiger partial charge in [-0.1, -0.05) is 23.7 Å². The van der Waals surface area contributed by atoms with Crippen molar-refractivity contribution in [3.05, 3.63) is 34.9 Å². The van der Waals surface area contributed by atoms with Crippen LogP contribution < -0.4 is 10.6 Å². The molecular formula is C17H23ClN2O4S. The van der Waals surface area contributed by atoms with E-state index in [0.717, 1.165) is 0 Å². The molecule has 0 bridgehead atoms. The Morgan fingerprint density at radius 2 is 1.88 bits per heavy atom. The standard InChI is InChI=1S/C17H23ClN2O4S/c1-11(2)19-15(21)10-24-17(23)14(8-9-25-3)20-16(22)12-6-4-5-7-13(12)18/h4-7,11,14H,8-10H2,1-3H3,(H,19,21)(H,20,22)/t14-/m0/s1. The highest BCUT2D eigenvalue weighted by Gasteiger charge is 2.24. The van der Waals surface area contributed by atoms with Crippen LogP contribution in [0.15, 0.2) is 24.3 Å². The average Bonchev–Trinajstić information content (AvgIpc) is 2.56. The van der Waals surface area contributed by atoms with Crippen LogP contribution >= 0.6 is 23.4 Å². The zero-order valence-corrected chi connectivity index (χ0v) is 16.1. The van der Waals surface area contributed by atoms with Gasteiger partial charge in [0.25, 0.3) is 11.8 Å². The predicted octanol–water partition coefficient (Wildman–Crippen LogP) is 2.26. The summed E-state index contributed by atoms with van der Waals surface area (Å²) in [4.78, 5) is 36.2. The molecule has 0 unspecified atom stereocenters. The molecule has 25 heavy (non-hydrogen) atoms. The molecule has 0 spiro atoms. The molecule has 0 heterocycles. The lowest BCUT2D eigenvalue weighted by Gasteiger charge is -2.18. The Balaban J connectivity index is 2.69. The molecule has 0 fully saturated rings. The van der Waals surface area contributed by atoms with Gasteiger partial charge in [0.05, 0.1) is 10.6 Å². The summed E-state index contributed by atoms with van der Waals surface area (Å²) in [5, 5.41) is 5.56. The normalized spacial score (nSPS) is 11.7. The smallest absolute Gasteiger partial charge is 0.329 e. The second-order valence-corrected chi connectivity index (χ2v) is 7.01. The van der Waals surface area contributed by atoms with Gasteiger partial charge in [0.15, 0.2) is 6.61 Å². The van der Waals surface area contributed by atoms with Gasteiger partial charge in [-0.2, -0.15) is 11.8 Å². The molecule has 0 radical (unpaired) electrons. The monoisotopic (exact) mass is 386 g/mol. The number of thioether (sulfide) groups is 1. The average molecular weight is 387 g/mol. The Morgan fingerprint density at radius 3 is 2.48 bits per heavy atom. The van der Waals surface area contributed by atoms with Crippen molar-refractivity contribution in [3.63, 3.8) is 0 Å². The van der Waals surface area contributed by atoms with Crippen molar-refractivity contribution >= 4 is 41.1 Å². The third-order valence-corrected chi connectivity index (χ3v) is 4.09. The highest BCUT2D eigenvalue weighted by molar-refractivity contribution is 7.98. The lowest BCUT2D eigenvalue weighted by molar-refractivity contribution is -0.150. The van der Waals surface area contributed by atoms with Crippen LogP contribution in [0.3, 0.4) is 0 Å². The van der Waals surface area contributed by atoms with E-state index in [1.54, 1.807) is 36.0 Å². The zero-order valence-electron chi connectivity index (χ0n) is 14.5. The SMILES string of the molecule is CSCC[C@H](NC(=O)c1ccccc1Cl)C(=O)OCC(=O)NC(C)C. The maximum absolute atomic E-state index is 12.3. The Morgan fingerprint density at radius 1 is 1.20 bits per heavy atom. The van der Waals surface area contributed by atoms with Crippen molar-refractivity contribution in [2.24, 2.45) is 0 Å². The zero-order chi connectivity index (χ0) is 18.8. The Kier molecular flexibility index (Phi) is 9.37. The minimum Gasteiger partial charge on any atom is -0.454 e. The second-order valence-electron chi connectivity index (χ2n) is 5.62. The van der Waals surface area contributed by atoms with Crippen molar-refractivity contribution < 1.29 is 19.1 Å². The largest absolute Gasteiger partial charge is 0.454 e. The van der Waals surface area contributed by atoms with Crippen molar-refractivity contribution in [2.45, 2.75) is 32.4 Å². The van der Waals surface area contributed by atoms with Gasteiger partial charge >= 0.3 is 5.97 Å². The maximum atomic E-state index is 12.3. The van der Waals surface area contributed by atoms with Gasteiger partial charge in [-0.25, -0.2) is 4.79 Å². The number of benzene rings is 1. The first-order chi connectivity index (χ1) is 11.8. The van der Waals surface area contributed by atoms with Gasteiger partial charge in [-0.15, -0.1) is 0 Å². The lowest BCUT2D eigenvalue weighted by atomic mass is 10.1. The summed E-state index contributed by atoms with van der Waals surface area (Å²) in [6.07, 6.45) is 2.29. The quantitative estimate of drug-likeness (QED) is 0.636. The number of esters is 1. The van der Waals surface area contributed by atoms with Crippen LogP contribution in [0.25, 0.3) is 0 Å². The van der Waals surface area contributed by atoms with Crippen molar-refractivity contribution in [1.29, 1.82) is 0 Å². The topological polar surface area (TPSA) is 84.5 Å². The van der Waals surface area contributed by atoms with Crippen LogP contribution in [0.2, 0.25) is 5.02 Å². The van der Waals surface area contributed by atoms with E-state index in [9.17, 15) is 14.4 Å². The fraction of sp³-hybridized carbons (Fsp3) is 0.471. The number of amides is 2. The Labute approximate surface area is 157 Å². The van der Waals surface area contributed by atoms with Crippen LogP contribution in [0.5, 0.6) is 0 Å². The number of rotatable bonds is 9. The van der Waals surface area contributed by atoms with Crippen LogP contribution in [-0.4, -0.2) is 48.5 Å². The fourth-order valence-corrected chi connectivity index (χ4v) is 2.66. The third-order valence-electron chi connectivity index (χ3n) is 3.11. The van der Waals surface area contributed by atoms with E-state index in [2.05, 4.69) is 10.6 Å². The molecule has 1 rings (SSSR count). The fourth-order valence-electron chi connectivity index (χ4n) is 1.97. The lowest BCUT2D eigenvalue weighted by Crippen LogP contribution is -2.43. The van der Waals surface area contributed by atoms with Crippen LogP contribution in [0, 0.1) is 0 Å². The van der Waals surface area contributed by atoms with Gasteiger partial charge in [-0.05, 0) is 44.4 Å². The number of carbonyl (C=O) groups excluding carboxylic acids is 3. The molecule has 138 valence electrons. The number of halogens is 1. The first-order valence-electron chi connectivity index (χ1n) is 7.85. The van der Waals surface area contributed by atoms with Crippen LogP contribution in [0.1, 0.15) is 30.6 Å². The van der Waals surface area contributed by atoms with Crippen molar-refractivity contribution in [1.82, 2.24) is 10.6 Å². The first kappa shape index (κ1) is 21.3. The van der Waals surface area contributed by atoms with E-state index in [0.29, 0.717) is 17.2 Å². The van der Waals surface area contributed by atoms with E-state index in [-0.39, 0.29) is 24.1 Å². The molecule has 1 aromatic rings. The van der Waals surface area contributed by atoms with Gasteiger partial charge in [-0.3, -0.25) is 9.59 Å². The third kappa shape index (κ3) is 7.79. The van der Waals surface area contributed by atoms with E-state index in [4.69, 9.17) is 16.3 Å². The molecule has 0 aliphatic carbocycles. The highest BCUT2D eigenvalue weighted by atomic mass is 35.5. The molecule has 1 aromatic carbocycles. The number of ether oxygens (including phenoxy) is 1. The molecular weight excluding hydrogens is 364 g/mol. The van der Waals surface area contributed by atoms with Crippen molar-refractivity contribution in [2.75, 3.05) is 18.6 Å². The number of carbonyl (C=O) groups is 3. The van der Waals surface area contributed by atoms with Crippen molar-refractivity contribution in [3.8, 4) is 0 Å². The van der Waals surface area contributed by atoms with E-state index < -0.39 is 17.9 Å². The Bertz CT molecular complexity index is 610. The van der Waals surface area contributed by atoms with E-state index in [1.165, 1.54) is 0 Å². The molecule has 0 aliphatic heterocycles. The number of hydrogen-bond acceptors (Lipinski definition) is 5. The molecule has 6 nitrogen and oxygen atoms in total. The highest BCUT2D eigenvalue weighted by Crippen LogP contribution is 2.15. The van der Waals surface area contributed by atoms with Crippen LogP contribution in [0.4, 0.5) is 0 Å². The summed E-state index contributed by atoms with van der Waals surface area (Å²) < 4.78 is 5.02. The second kappa shape index (κ2) is 11.0. The molecule has 0 aliphatic rings. The molecule has 0 saturated carbocycles. The van der Waals surface area contributed by atoms with E-state index in [1.807, 2.05) is 20.1 Å². The molecule has 2 N–H and O–H groups in total. The summed E-state index contributed by atoms with van der Waals surface area (Å²) in [6, 6.07) is 5.69. The summed E-state index contributed by atoms with van der Waals surface area (Å²) in [5.74, 6) is -0.834. The molecule has 2 amide bonds. The predicted molar refractivity (Wildman–Crippen MR) is 99.9 cm³/mol. The molecule has 1 atom stereocenters. The van der Waals surface area contributed by atoms with Gasteiger partial charge in [0.1, 0.15) is 6.04 Å². The van der Waals surface area contributed by atoms with Crippen LogP contribution in [-0.2, 0) is 14.3 Å². The molecule has 0 saturated heterocycles. The first-order valence-corrected chi connectivity index (χ1v) is 9.62. The molecule has 0 aromatic heterocycles. The summed E-state index contributed by atoms with van der Waals surface area (Å²) in [7, 11) is 0. The van der Waals surface area contributed by atoms with Gasteiger partial charge in [0, 0.05) is 6.04 Å². The number of hydrogen-bond donors (Lipinski definition) is 2.